The molecule has 13 heavy (non-hydrogen) atoms. The topological polar surface area (TPSA) is 38.8 Å². The summed E-state index contributed by atoms with van der Waals surface area (Å²) >= 11 is 0. The Kier molecular flexibility index (Phi) is 7.39. The molecule has 0 amide bonds. The van der Waals surface area contributed by atoms with Gasteiger partial charge >= 0.3 is 6.16 Å². The fourth-order valence-electron chi connectivity index (χ4n) is 0.845. The number of ether oxygens (including phenoxy) is 2. The van der Waals surface area contributed by atoms with Crippen LogP contribution >= 0.6 is 0 Å². The number of rotatable bonds is 6. The van der Waals surface area contributed by atoms with Gasteiger partial charge in [0.1, 0.15) is 0 Å². The van der Waals surface area contributed by atoms with E-state index in [4.69, 9.17) is 4.74 Å². The van der Waals surface area contributed by atoms with Gasteiger partial charge in [-0.05, 0) is 40.4 Å². The Balaban J connectivity index is 3.11. The first kappa shape index (κ1) is 12.2. The van der Waals surface area contributed by atoms with E-state index in [2.05, 4.69) is 9.64 Å². The van der Waals surface area contributed by atoms with E-state index in [1.165, 1.54) is 0 Å². The van der Waals surface area contributed by atoms with Crippen molar-refractivity contribution in [3.63, 3.8) is 0 Å². The molecule has 0 aliphatic heterocycles. The Hall–Kier alpha value is -0.770. The molecular formula is C9H19NO3. The molecule has 0 saturated carbocycles. The van der Waals surface area contributed by atoms with E-state index in [0.29, 0.717) is 13.2 Å². The second-order valence-corrected chi connectivity index (χ2v) is 3.04. The van der Waals surface area contributed by atoms with Gasteiger partial charge in [0.15, 0.2) is 0 Å². The standard InChI is InChI=1S/C9H19NO3/c1-4-12-9(11)13-8-6-5-7-10(2)3/h4-8H2,1-3H3. The lowest BCUT2D eigenvalue weighted by Crippen LogP contribution is -2.14. The van der Waals surface area contributed by atoms with Gasteiger partial charge in [-0.25, -0.2) is 4.79 Å². The third-order valence-corrected chi connectivity index (χ3v) is 1.48. The Morgan fingerprint density at radius 3 is 2.46 bits per heavy atom. The summed E-state index contributed by atoms with van der Waals surface area (Å²) in [6.45, 7) is 3.60. The zero-order valence-corrected chi connectivity index (χ0v) is 8.71. The molecule has 0 saturated heterocycles. The van der Waals surface area contributed by atoms with Gasteiger partial charge in [-0.1, -0.05) is 0 Å². The van der Waals surface area contributed by atoms with E-state index < -0.39 is 6.16 Å². The van der Waals surface area contributed by atoms with Gasteiger partial charge in [0, 0.05) is 0 Å². The predicted octanol–water partition coefficient (Wildman–Crippen LogP) is 1.50. The molecule has 0 aromatic carbocycles. The van der Waals surface area contributed by atoms with Crippen molar-refractivity contribution < 1.29 is 14.3 Å². The van der Waals surface area contributed by atoms with Crippen LogP contribution in [-0.2, 0) is 9.47 Å². The van der Waals surface area contributed by atoms with E-state index in [9.17, 15) is 4.79 Å². The van der Waals surface area contributed by atoms with Crippen molar-refractivity contribution in [2.24, 2.45) is 0 Å². The summed E-state index contributed by atoms with van der Waals surface area (Å²) in [5.74, 6) is 0. The first-order chi connectivity index (χ1) is 6.16. The Morgan fingerprint density at radius 1 is 1.23 bits per heavy atom. The van der Waals surface area contributed by atoms with Crippen LogP contribution in [0.15, 0.2) is 0 Å². The first-order valence-electron chi connectivity index (χ1n) is 4.61. The molecule has 78 valence electrons. The lowest BCUT2D eigenvalue weighted by atomic mass is 10.3. The summed E-state index contributed by atoms with van der Waals surface area (Å²) in [7, 11) is 4.04. The van der Waals surface area contributed by atoms with Gasteiger partial charge in [0.25, 0.3) is 0 Å². The Morgan fingerprint density at radius 2 is 1.92 bits per heavy atom. The molecule has 0 atom stereocenters. The second kappa shape index (κ2) is 7.86. The SMILES string of the molecule is CCOC(=O)OCCCCN(C)C. The van der Waals surface area contributed by atoms with E-state index in [-0.39, 0.29) is 0 Å². The molecule has 0 spiro atoms. The number of unbranched alkanes of at least 4 members (excludes halogenated alkanes) is 1. The van der Waals surface area contributed by atoms with Gasteiger partial charge in [0.2, 0.25) is 0 Å². The van der Waals surface area contributed by atoms with Crippen LogP contribution in [0.2, 0.25) is 0 Å². The molecule has 0 rings (SSSR count). The molecule has 0 aliphatic carbocycles. The molecular weight excluding hydrogens is 170 g/mol. The largest absolute Gasteiger partial charge is 0.508 e. The first-order valence-corrected chi connectivity index (χ1v) is 4.61. The van der Waals surface area contributed by atoms with Crippen LogP contribution in [0.1, 0.15) is 19.8 Å². The summed E-state index contributed by atoms with van der Waals surface area (Å²) < 4.78 is 9.38. The van der Waals surface area contributed by atoms with E-state index in [1.807, 2.05) is 14.1 Å². The number of carbonyl (C=O) groups is 1. The highest BCUT2D eigenvalue weighted by atomic mass is 16.7. The van der Waals surface area contributed by atoms with E-state index in [0.717, 1.165) is 19.4 Å². The van der Waals surface area contributed by atoms with Crippen molar-refractivity contribution >= 4 is 6.16 Å². The molecule has 0 aliphatic rings. The van der Waals surface area contributed by atoms with Crippen molar-refractivity contribution in [1.82, 2.24) is 4.90 Å². The zero-order chi connectivity index (χ0) is 10.1. The fraction of sp³-hybridized carbons (Fsp3) is 0.889. The average molecular weight is 189 g/mol. The molecule has 0 fully saturated rings. The van der Waals surface area contributed by atoms with Gasteiger partial charge in [0.05, 0.1) is 13.2 Å². The average Bonchev–Trinajstić information content (AvgIpc) is 2.03. The highest BCUT2D eigenvalue weighted by Crippen LogP contribution is 1.93. The molecule has 4 nitrogen and oxygen atoms in total. The second-order valence-electron chi connectivity index (χ2n) is 3.04. The quantitative estimate of drug-likeness (QED) is 0.469. The van der Waals surface area contributed by atoms with Gasteiger partial charge in [-0.3, -0.25) is 0 Å². The summed E-state index contributed by atoms with van der Waals surface area (Å²) in [5.41, 5.74) is 0. The predicted molar refractivity (Wildman–Crippen MR) is 50.8 cm³/mol. The zero-order valence-electron chi connectivity index (χ0n) is 8.71. The summed E-state index contributed by atoms with van der Waals surface area (Å²) in [6.07, 6.45) is 1.36. The molecule has 0 N–H and O–H groups in total. The van der Waals surface area contributed by atoms with Crippen molar-refractivity contribution in [2.45, 2.75) is 19.8 Å². The van der Waals surface area contributed by atoms with Crippen LogP contribution in [0, 0.1) is 0 Å². The van der Waals surface area contributed by atoms with E-state index >= 15 is 0 Å². The minimum absolute atomic E-state index is 0.372. The van der Waals surface area contributed by atoms with Crippen LogP contribution in [0.25, 0.3) is 0 Å². The van der Waals surface area contributed by atoms with Crippen LogP contribution in [-0.4, -0.2) is 44.9 Å². The van der Waals surface area contributed by atoms with Crippen molar-refractivity contribution in [2.75, 3.05) is 33.9 Å². The Bertz CT molecular complexity index is 137. The van der Waals surface area contributed by atoms with Crippen molar-refractivity contribution in [3.8, 4) is 0 Å². The molecule has 0 radical (unpaired) electrons. The fourth-order valence-corrected chi connectivity index (χ4v) is 0.845. The number of nitrogens with zero attached hydrogens (tertiary/aromatic N) is 1. The minimum Gasteiger partial charge on any atom is -0.435 e. The smallest absolute Gasteiger partial charge is 0.435 e. The molecule has 4 heteroatoms. The van der Waals surface area contributed by atoms with Gasteiger partial charge in [-0.15, -0.1) is 0 Å². The molecule has 0 unspecified atom stereocenters. The summed E-state index contributed by atoms with van der Waals surface area (Å²) in [6, 6.07) is 0. The molecule has 0 heterocycles. The van der Waals surface area contributed by atoms with Gasteiger partial charge < -0.3 is 14.4 Å². The van der Waals surface area contributed by atoms with Crippen molar-refractivity contribution in [1.29, 1.82) is 0 Å². The van der Waals surface area contributed by atoms with E-state index in [1.54, 1.807) is 6.92 Å². The third-order valence-electron chi connectivity index (χ3n) is 1.48. The third kappa shape index (κ3) is 9.14. The number of hydrogen-bond acceptors (Lipinski definition) is 4. The van der Waals surface area contributed by atoms with Gasteiger partial charge in [-0.2, -0.15) is 0 Å². The highest BCUT2D eigenvalue weighted by molar-refractivity contribution is 5.59. The maximum atomic E-state index is 10.7. The summed E-state index contributed by atoms with van der Waals surface area (Å²) in [5, 5.41) is 0. The lowest BCUT2D eigenvalue weighted by molar-refractivity contribution is 0.0576. The maximum Gasteiger partial charge on any atom is 0.508 e. The molecule has 0 aromatic rings. The van der Waals surface area contributed by atoms with Crippen molar-refractivity contribution in [3.05, 3.63) is 0 Å². The monoisotopic (exact) mass is 189 g/mol. The number of carbonyl (C=O) groups excluding carboxylic acids is 1. The lowest BCUT2D eigenvalue weighted by Gasteiger charge is -2.08. The Labute approximate surface area is 79.8 Å². The van der Waals surface area contributed by atoms with Crippen LogP contribution in [0.4, 0.5) is 4.79 Å². The van der Waals surface area contributed by atoms with Crippen LogP contribution in [0.3, 0.4) is 0 Å². The highest BCUT2D eigenvalue weighted by Gasteiger charge is 2.00. The summed E-state index contributed by atoms with van der Waals surface area (Å²) in [4.78, 5) is 12.8. The van der Waals surface area contributed by atoms with Crippen LogP contribution < -0.4 is 0 Å². The molecule has 0 bridgehead atoms. The van der Waals surface area contributed by atoms with Crippen LogP contribution in [0.5, 0.6) is 0 Å². The normalized spacial score (nSPS) is 10.2. The molecule has 0 aromatic heterocycles. The minimum atomic E-state index is -0.563. The maximum absolute atomic E-state index is 10.7. The number of hydrogen-bond donors (Lipinski definition) is 0.